The standard InChI is InChI=1S/C15H15NO3/c17-11-2-1-4-12-7-9-13(10-8-12)16-14(18)5-3-6-15(16)19/h7-10,17H,2-3,5-6,11H2. The Morgan fingerprint density at radius 3 is 2.32 bits per heavy atom. The molecule has 1 aliphatic heterocycles. The normalized spacial score (nSPS) is 15.1. The molecule has 1 aromatic carbocycles. The van der Waals surface area contributed by atoms with Crippen LogP contribution in [0.25, 0.3) is 0 Å². The Hall–Kier alpha value is -2.12. The van der Waals surface area contributed by atoms with Crippen LogP contribution < -0.4 is 4.90 Å². The van der Waals surface area contributed by atoms with Gasteiger partial charge in [-0.3, -0.25) is 14.5 Å². The maximum Gasteiger partial charge on any atom is 0.233 e. The van der Waals surface area contributed by atoms with Crippen LogP contribution in [0.1, 0.15) is 31.2 Å². The molecule has 0 atom stereocenters. The van der Waals surface area contributed by atoms with Crippen molar-refractivity contribution in [1.29, 1.82) is 0 Å². The zero-order chi connectivity index (χ0) is 13.7. The summed E-state index contributed by atoms with van der Waals surface area (Å²) in [5.41, 5.74) is 1.40. The topological polar surface area (TPSA) is 57.6 Å². The first-order chi connectivity index (χ1) is 9.22. The molecule has 0 spiro atoms. The lowest BCUT2D eigenvalue weighted by Gasteiger charge is -2.24. The van der Waals surface area contributed by atoms with Gasteiger partial charge in [0.1, 0.15) is 0 Å². The zero-order valence-corrected chi connectivity index (χ0v) is 10.6. The van der Waals surface area contributed by atoms with E-state index in [2.05, 4.69) is 11.8 Å². The van der Waals surface area contributed by atoms with Crippen molar-refractivity contribution in [2.24, 2.45) is 0 Å². The van der Waals surface area contributed by atoms with Crippen LogP contribution in [0.4, 0.5) is 5.69 Å². The third-order valence-corrected chi connectivity index (χ3v) is 2.88. The van der Waals surface area contributed by atoms with Crippen molar-refractivity contribution < 1.29 is 14.7 Å². The molecule has 0 aromatic heterocycles. The number of rotatable bonds is 2. The number of carbonyl (C=O) groups excluding carboxylic acids is 2. The largest absolute Gasteiger partial charge is 0.395 e. The van der Waals surface area contributed by atoms with E-state index < -0.39 is 0 Å². The SMILES string of the molecule is O=C1CCCC(=O)N1c1ccc(C#CCCO)cc1. The minimum absolute atomic E-state index is 0.0435. The molecule has 1 saturated heterocycles. The van der Waals surface area contributed by atoms with Crippen molar-refractivity contribution in [3.05, 3.63) is 29.8 Å². The Morgan fingerprint density at radius 2 is 1.74 bits per heavy atom. The highest BCUT2D eigenvalue weighted by Gasteiger charge is 2.26. The molecule has 2 amide bonds. The van der Waals surface area contributed by atoms with Crippen molar-refractivity contribution in [1.82, 2.24) is 0 Å². The van der Waals surface area contributed by atoms with Gasteiger partial charge in [-0.05, 0) is 30.7 Å². The summed E-state index contributed by atoms with van der Waals surface area (Å²) in [6, 6.07) is 7.00. The van der Waals surface area contributed by atoms with E-state index in [1.54, 1.807) is 24.3 Å². The molecule has 0 unspecified atom stereocenters. The van der Waals surface area contributed by atoms with Gasteiger partial charge in [0.2, 0.25) is 11.8 Å². The van der Waals surface area contributed by atoms with E-state index in [1.165, 1.54) is 4.90 Å². The number of amides is 2. The van der Waals surface area contributed by atoms with Crippen LogP contribution in [0, 0.1) is 11.8 Å². The van der Waals surface area contributed by atoms with E-state index in [-0.39, 0.29) is 18.4 Å². The lowest BCUT2D eigenvalue weighted by Crippen LogP contribution is -2.40. The highest BCUT2D eigenvalue weighted by molar-refractivity contribution is 6.16. The number of piperidine rings is 1. The third kappa shape index (κ3) is 3.21. The van der Waals surface area contributed by atoms with Gasteiger partial charge >= 0.3 is 0 Å². The molecule has 1 aliphatic rings. The molecule has 0 aliphatic carbocycles. The van der Waals surface area contributed by atoms with Crippen LogP contribution in [0.5, 0.6) is 0 Å². The van der Waals surface area contributed by atoms with Crippen molar-refractivity contribution in [3.8, 4) is 11.8 Å². The average Bonchev–Trinajstić information content (AvgIpc) is 2.40. The Bertz CT molecular complexity index is 521. The number of nitrogens with zero attached hydrogens (tertiary/aromatic N) is 1. The smallest absolute Gasteiger partial charge is 0.233 e. The summed E-state index contributed by atoms with van der Waals surface area (Å²) in [6.07, 6.45) is 1.91. The van der Waals surface area contributed by atoms with Gasteiger partial charge in [0.15, 0.2) is 0 Å². The number of anilines is 1. The first-order valence-electron chi connectivity index (χ1n) is 6.28. The summed E-state index contributed by atoms with van der Waals surface area (Å²) in [5.74, 6) is 5.43. The number of hydrogen-bond donors (Lipinski definition) is 1. The second-order valence-electron chi connectivity index (χ2n) is 4.30. The minimum Gasteiger partial charge on any atom is -0.395 e. The fourth-order valence-corrected chi connectivity index (χ4v) is 1.96. The van der Waals surface area contributed by atoms with Crippen molar-refractivity contribution in [3.63, 3.8) is 0 Å². The Labute approximate surface area is 112 Å². The van der Waals surface area contributed by atoms with Crippen LogP contribution in [0.3, 0.4) is 0 Å². The minimum atomic E-state index is -0.143. The van der Waals surface area contributed by atoms with Crippen molar-refractivity contribution in [2.45, 2.75) is 25.7 Å². The average molecular weight is 257 g/mol. The first kappa shape index (κ1) is 13.3. The van der Waals surface area contributed by atoms with Gasteiger partial charge in [0.25, 0.3) is 0 Å². The lowest BCUT2D eigenvalue weighted by atomic mass is 10.1. The Balaban J connectivity index is 2.16. The predicted octanol–water partition coefficient (Wildman–Crippen LogP) is 1.46. The molecule has 1 fully saturated rings. The summed E-state index contributed by atoms with van der Waals surface area (Å²) in [6.45, 7) is 0.0435. The van der Waals surface area contributed by atoms with Gasteiger partial charge in [0, 0.05) is 24.8 Å². The molecule has 1 N–H and O–H groups in total. The molecule has 0 saturated carbocycles. The number of hydrogen-bond acceptors (Lipinski definition) is 3. The maximum atomic E-state index is 11.8. The highest BCUT2D eigenvalue weighted by Crippen LogP contribution is 2.22. The summed E-state index contributed by atoms with van der Waals surface area (Å²) in [4.78, 5) is 24.7. The molecule has 4 nitrogen and oxygen atoms in total. The summed E-state index contributed by atoms with van der Waals surface area (Å²) >= 11 is 0. The number of benzene rings is 1. The zero-order valence-electron chi connectivity index (χ0n) is 10.6. The number of aliphatic hydroxyl groups excluding tert-OH is 1. The molecule has 2 rings (SSSR count). The monoisotopic (exact) mass is 257 g/mol. The van der Waals surface area contributed by atoms with E-state index in [0.29, 0.717) is 31.4 Å². The second kappa shape index (κ2) is 6.17. The molecule has 4 heteroatoms. The fourth-order valence-electron chi connectivity index (χ4n) is 1.96. The molecule has 0 bridgehead atoms. The summed E-state index contributed by atoms with van der Waals surface area (Å²) in [5, 5.41) is 8.63. The highest BCUT2D eigenvalue weighted by atomic mass is 16.2. The molecule has 98 valence electrons. The van der Waals surface area contributed by atoms with Crippen molar-refractivity contribution in [2.75, 3.05) is 11.5 Å². The van der Waals surface area contributed by atoms with Crippen LogP contribution in [-0.4, -0.2) is 23.5 Å². The van der Waals surface area contributed by atoms with Gasteiger partial charge < -0.3 is 5.11 Å². The number of imide groups is 1. The summed E-state index contributed by atoms with van der Waals surface area (Å²) < 4.78 is 0. The van der Waals surface area contributed by atoms with Gasteiger partial charge in [-0.15, -0.1) is 0 Å². The second-order valence-corrected chi connectivity index (χ2v) is 4.30. The maximum absolute atomic E-state index is 11.8. The van der Waals surface area contributed by atoms with Gasteiger partial charge in [-0.2, -0.15) is 0 Å². The summed E-state index contributed by atoms with van der Waals surface area (Å²) in [7, 11) is 0. The van der Waals surface area contributed by atoms with Crippen molar-refractivity contribution >= 4 is 17.5 Å². The van der Waals surface area contributed by atoms with Crippen LogP contribution in [0.2, 0.25) is 0 Å². The predicted molar refractivity (Wildman–Crippen MR) is 71.4 cm³/mol. The van der Waals surface area contributed by atoms with E-state index >= 15 is 0 Å². The van der Waals surface area contributed by atoms with E-state index in [1.807, 2.05) is 0 Å². The van der Waals surface area contributed by atoms with Gasteiger partial charge in [0.05, 0.1) is 12.3 Å². The molecule has 19 heavy (non-hydrogen) atoms. The first-order valence-corrected chi connectivity index (χ1v) is 6.28. The number of carbonyl (C=O) groups is 2. The third-order valence-electron chi connectivity index (χ3n) is 2.88. The van der Waals surface area contributed by atoms with E-state index in [4.69, 9.17) is 5.11 Å². The van der Waals surface area contributed by atoms with Crippen LogP contribution in [0.15, 0.2) is 24.3 Å². The molecule has 1 heterocycles. The van der Waals surface area contributed by atoms with E-state index in [0.717, 1.165) is 5.56 Å². The fraction of sp³-hybridized carbons (Fsp3) is 0.333. The van der Waals surface area contributed by atoms with Gasteiger partial charge in [-0.1, -0.05) is 11.8 Å². The Kier molecular flexibility index (Phi) is 4.32. The van der Waals surface area contributed by atoms with Crippen LogP contribution in [-0.2, 0) is 9.59 Å². The lowest BCUT2D eigenvalue weighted by molar-refractivity contribution is -0.129. The molecule has 0 radical (unpaired) electrons. The number of aliphatic hydroxyl groups is 1. The quantitative estimate of drug-likeness (QED) is 0.644. The Morgan fingerprint density at radius 1 is 1.11 bits per heavy atom. The van der Waals surface area contributed by atoms with Crippen LogP contribution >= 0.6 is 0 Å². The molecule has 1 aromatic rings. The van der Waals surface area contributed by atoms with Gasteiger partial charge in [-0.25, -0.2) is 0 Å². The molecular formula is C15H15NO3. The van der Waals surface area contributed by atoms with E-state index in [9.17, 15) is 9.59 Å². The molecular weight excluding hydrogens is 242 g/mol.